The number of hydrogen-bond donors (Lipinski definition) is 0. The molecule has 0 N–H and O–H groups in total. The van der Waals surface area contributed by atoms with Gasteiger partial charge in [0, 0.05) is 10.0 Å². The molecule has 2 nitrogen and oxygen atoms in total. The van der Waals surface area contributed by atoms with Gasteiger partial charge in [0.15, 0.2) is 0 Å². The first-order valence-electron chi connectivity index (χ1n) is 12.4. The average Bonchev–Trinajstić information content (AvgIpc) is 2.98. The highest BCUT2D eigenvalue weighted by Gasteiger charge is 2.07. The van der Waals surface area contributed by atoms with Crippen LogP contribution in [0.3, 0.4) is 0 Å². The van der Waals surface area contributed by atoms with Crippen molar-refractivity contribution in [2.45, 2.75) is 6.54 Å². The monoisotopic (exact) mass is 552 g/mol. The quantitative estimate of drug-likeness (QED) is 0.180. The van der Waals surface area contributed by atoms with E-state index < -0.39 is 0 Å². The van der Waals surface area contributed by atoms with Gasteiger partial charge in [-0.25, -0.2) is 9.98 Å². The van der Waals surface area contributed by atoms with Crippen molar-refractivity contribution >= 4 is 44.5 Å². The Balaban J connectivity index is 1.55. The third-order valence-corrected chi connectivity index (χ3v) is 6.51. The van der Waals surface area contributed by atoms with Crippen molar-refractivity contribution in [3.05, 3.63) is 172 Å². The summed E-state index contributed by atoms with van der Waals surface area (Å²) in [7, 11) is 0. The topological polar surface area (TPSA) is 24.7 Å². The molecule has 0 aliphatic heterocycles. The van der Waals surface area contributed by atoms with Gasteiger partial charge in [0.1, 0.15) is 0 Å². The molecule has 0 aromatic heterocycles. The van der Waals surface area contributed by atoms with E-state index in [-0.39, 0.29) is 0 Å². The highest BCUT2D eigenvalue weighted by atomic mass is 79.9. The van der Waals surface area contributed by atoms with Crippen LogP contribution < -0.4 is 0 Å². The number of nitrogens with zero attached hydrogens (tertiary/aromatic N) is 2. The Hall–Kier alpha value is -4.52. The lowest BCUT2D eigenvalue weighted by molar-refractivity contribution is 1.08. The lowest BCUT2D eigenvalue weighted by Gasteiger charge is -2.06. The zero-order valence-electron chi connectivity index (χ0n) is 20.8. The third kappa shape index (κ3) is 6.42. The molecular formula is C35H25BrN2. The maximum absolute atomic E-state index is 4.81. The second-order valence-electron chi connectivity index (χ2n) is 8.64. The van der Waals surface area contributed by atoms with E-state index in [9.17, 15) is 0 Å². The molecule has 0 saturated carbocycles. The van der Waals surface area contributed by atoms with E-state index >= 15 is 0 Å². The van der Waals surface area contributed by atoms with E-state index in [1.165, 1.54) is 0 Å². The van der Waals surface area contributed by atoms with E-state index in [1.807, 2.05) is 84.9 Å². The van der Waals surface area contributed by atoms with E-state index in [4.69, 9.17) is 9.98 Å². The van der Waals surface area contributed by atoms with E-state index in [0.29, 0.717) is 6.54 Å². The number of aliphatic imine (C=N–C) groups is 2. The zero-order valence-corrected chi connectivity index (χ0v) is 22.3. The molecule has 0 amide bonds. The van der Waals surface area contributed by atoms with Crippen LogP contribution >= 0.6 is 15.9 Å². The summed E-state index contributed by atoms with van der Waals surface area (Å²) >= 11 is 3.61. The second kappa shape index (κ2) is 12.6. The van der Waals surface area contributed by atoms with Crippen molar-refractivity contribution in [1.82, 2.24) is 0 Å². The van der Waals surface area contributed by atoms with Gasteiger partial charge in [0.05, 0.1) is 23.4 Å². The van der Waals surface area contributed by atoms with Crippen LogP contribution in [0.1, 0.15) is 27.8 Å². The molecule has 0 heterocycles. The summed E-state index contributed by atoms with van der Waals surface area (Å²) in [5.41, 5.74) is 8.00. The molecule has 182 valence electrons. The summed E-state index contributed by atoms with van der Waals surface area (Å²) in [5.74, 6) is 6.66. The lowest BCUT2D eigenvalue weighted by Crippen LogP contribution is -1.90. The molecule has 0 saturated heterocycles. The van der Waals surface area contributed by atoms with Gasteiger partial charge in [-0.15, -0.1) is 0 Å². The maximum Gasteiger partial charge on any atom is 0.0781 e. The molecule has 0 fully saturated rings. The molecule has 5 rings (SSSR count). The smallest absolute Gasteiger partial charge is 0.0781 e. The molecule has 0 unspecified atom stereocenters. The largest absolute Gasteiger partial charge is 0.238 e. The molecule has 0 aliphatic rings. The SMILES string of the molecule is Brc1ccc(N=C=C(c2ccccc2)c2ccccc2)c(CN=C=C(c2ccccc2)c2ccccc2)c1. The predicted molar refractivity (Wildman–Crippen MR) is 163 cm³/mol. The summed E-state index contributed by atoms with van der Waals surface area (Å²) < 4.78 is 0.979. The Bertz CT molecular complexity index is 1550. The first-order chi connectivity index (χ1) is 18.8. The van der Waals surface area contributed by atoms with Crippen molar-refractivity contribution in [3.63, 3.8) is 0 Å². The molecule has 5 aromatic carbocycles. The Morgan fingerprint density at radius 2 is 0.947 bits per heavy atom. The van der Waals surface area contributed by atoms with Crippen LogP contribution in [0.4, 0.5) is 5.69 Å². The van der Waals surface area contributed by atoms with E-state index in [0.717, 1.165) is 49.1 Å². The van der Waals surface area contributed by atoms with Gasteiger partial charge >= 0.3 is 0 Å². The highest BCUT2D eigenvalue weighted by Crippen LogP contribution is 2.26. The number of hydrogen-bond acceptors (Lipinski definition) is 2. The minimum Gasteiger partial charge on any atom is -0.238 e. The maximum atomic E-state index is 4.81. The molecule has 38 heavy (non-hydrogen) atoms. The fraction of sp³-hybridized carbons (Fsp3) is 0.0286. The Kier molecular flexibility index (Phi) is 8.36. The number of benzene rings is 5. The van der Waals surface area contributed by atoms with Gasteiger partial charge in [0.2, 0.25) is 0 Å². The van der Waals surface area contributed by atoms with E-state index in [1.54, 1.807) is 0 Å². The Morgan fingerprint density at radius 1 is 0.526 bits per heavy atom. The molecule has 5 aromatic rings. The van der Waals surface area contributed by atoms with Crippen LogP contribution in [-0.4, -0.2) is 11.7 Å². The van der Waals surface area contributed by atoms with Gasteiger partial charge < -0.3 is 0 Å². The van der Waals surface area contributed by atoms with Crippen LogP contribution in [0.25, 0.3) is 11.1 Å². The summed E-state index contributed by atoms with van der Waals surface area (Å²) in [6.07, 6.45) is 0. The normalized spacial score (nSPS) is 10.1. The van der Waals surface area contributed by atoms with Gasteiger partial charge in [0.25, 0.3) is 0 Å². The molecule has 3 heteroatoms. The molecule has 0 bridgehead atoms. The van der Waals surface area contributed by atoms with Crippen LogP contribution in [-0.2, 0) is 6.54 Å². The minimum atomic E-state index is 0.440. The van der Waals surface area contributed by atoms with Gasteiger partial charge in [-0.1, -0.05) is 137 Å². The fourth-order valence-corrected chi connectivity index (χ4v) is 4.53. The summed E-state index contributed by atoms with van der Waals surface area (Å²) in [5, 5.41) is 0. The lowest BCUT2D eigenvalue weighted by atomic mass is 9.99. The fourth-order valence-electron chi connectivity index (χ4n) is 4.12. The summed E-state index contributed by atoms with van der Waals surface area (Å²) in [6, 6.07) is 47.0. The number of halogens is 1. The van der Waals surface area contributed by atoms with Crippen LogP contribution in [0.5, 0.6) is 0 Å². The van der Waals surface area contributed by atoms with Gasteiger partial charge in [-0.3, -0.25) is 0 Å². The Morgan fingerprint density at radius 3 is 1.39 bits per heavy atom. The van der Waals surface area contributed by atoms with Gasteiger partial charge in [-0.05, 0) is 52.2 Å². The van der Waals surface area contributed by atoms with E-state index in [2.05, 4.69) is 82.3 Å². The summed E-state index contributed by atoms with van der Waals surface area (Å²) in [6.45, 7) is 0.440. The first kappa shape index (κ1) is 25.1. The van der Waals surface area contributed by atoms with Crippen LogP contribution in [0.2, 0.25) is 0 Å². The third-order valence-electron chi connectivity index (χ3n) is 6.02. The van der Waals surface area contributed by atoms with Crippen LogP contribution in [0.15, 0.2) is 154 Å². The predicted octanol–water partition coefficient (Wildman–Crippen LogP) is 9.18. The second-order valence-corrected chi connectivity index (χ2v) is 9.55. The minimum absolute atomic E-state index is 0.440. The average molecular weight is 554 g/mol. The first-order valence-corrected chi connectivity index (χ1v) is 13.2. The molecule has 0 atom stereocenters. The molecule has 0 radical (unpaired) electrons. The van der Waals surface area contributed by atoms with Crippen molar-refractivity contribution in [1.29, 1.82) is 0 Å². The highest BCUT2D eigenvalue weighted by molar-refractivity contribution is 9.10. The van der Waals surface area contributed by atoms with Crippen LogP contribution in [0, 0.1) is 0 Å². The number of rotatable bonds is 7. The van der Waals surface area contributed by atoms with Crippen molar-refractivity contribution in [2.75, 3.05) is 0 Å². The zero-order chi connectivity index (χ0) is 26.0. The molecule has 0 spiro atoms. The van der Waals surface area contributed by atoms with Crippen molar-refractivity contribution in [3.8, 4) is 0 Å². The molecule has 0 aliphatic carbocycles. The summed E-state index contributed by atoms with van der Waals surface area (Å²) in [4.78, 5) is 9.55. The van der Waals surface area contributed by atoms with Crippen molar-refractivity contribution in [2.24, 2.45) is 9.98 Å². The molecular weight excluding hydrogens is 528 g/mol. The van der Waals surface area contributed by atoms with Crippen molar-refractivity contribution < 1.29 is 0 Å². The standard InChI is InChI=1S/C35H25BrN2/c36-32-21-22-35(38-26-34(29-17-9-3-10-18-29)30-19-11-4-12-20-30)31(23-32)24-37-25-33(27-13-5-1-6-14-27)28-15-7-2-8-16-28/h1-23H,24H2. The Labute approximate surface area is 232 Å². The van der Waals surface area contributed by atoms with Gasteiger partial charge in [-0.2, -0.15) is 0 Å².